The Morgan fingerprint density at radius 1 is 1.67 bits per heavy atom. The highest BCUT2D eigenvalue weighted by Gasteiger charge is 2.10. The molecule has 0 amide bonds. The van der Waals surface area contributed by atoms with E-state index in [0.29, 0.717) is 13.0 Å². The Labute approximate surface area is 92.7 Å². The molecule has 0 bridgehead atoms. The number of aryl methyl sites for hydroxylation is 1. The van der Waals surface area contributed by atoms with Crippen molar-refractivity contribution in [2.45, 2.75) is 26.7 Å². The lowest BCUT2D eigenvalue weighted by Crippen LogP contribution is -2.14. The fourth-order valence-corrected chi connectivity index (χ4v) is 1.66. The lowest BCUT2D eigenvalue weighted by atomic mass is 10.1. The summed E-state index contributed by atoms with van der Waals surface area (Å²) in [6.45, 7) is 4.31. The number of carboxylic acids is 1. The highest BCUT2D eigenvalue weighted by atomic mass is 32.1. The predicted octanol–water partition coefficient (Wildman–Crippen LogP) is 1.62. The third-order valence-electron chi connectivity index (χ3n) is 2.06. The number of hydrogen-bond donors (Lipinski definition) is 2. The van der Waals surface area contributed by atoms with Gasteiger partial charge in [-0.1, -0.05) is 13.8 Å². The van der Waals surface area contributed by atoms with E-state index in [4.69, 9.17) is 5.11 Å². The standard InChI is InChI=1S/C9H15N3O2S/c1-3-7-11-9(15-12-7)10-5-4-6(2)8(13)14/h6H,3-5H2,1-2H3,(H,13,14)(H,10,11,12). The lowest BCUT2D eigenvalue weighted by Gasteiger charge is -2.05. The van der Waals surface area contributed by atoms with Gasteiger partial charge >= 0.3 is 5.97 Å². The molecule has 5 nitrogen and oxygen atoms in total. The summed E-state index contributed by atoms with van der Waals surface area (Å²) in [6, 6.07) is 0. The molecule has 1 aromatic heterocycles. The Morgan fingerprint density at radius 2 is 2.40 bits per heavy atom. The fraction of sp³-hybridized carbons (Fsp3) is 0.667. The van der Waals surface area contributed by atoms with Crippen LogP contribution in [-0.4, -0.2) is 27.0 Å². The van der Waals surface area contributed by atoms with E-state index >= 15 is 0 Å². The Balaban J connectivity index is 2.28. The van der Waals surface area contributed by atoms with E-state index in [-0.39, 0.29) is 5.92 Å². The van der Waals surface area contributed by atoms with Gasteiger partial charge in [-0.3, -0.25) is 4.79 Å². The molecule has 1 atom stereocenters. The molecule has 0 aliphatic rings. The highest BCUT2D eigenvalue weighted by Crippen LogP contribution is 2.12. The van der Waals surface area contributed by atoms with Gasteiger partial charge in [0, 0.05) is 24.5 Å². The first-order chi connectivity index (χ1) is 7.13. The molecule has 0 fully saturated rings. The third kappa shape index (κ3) is 3.83. The average molecular weight is 229 g/mol. The van der Waals surface area contributed by atoms with Crippen molar-refractivity contribution in [3.05, 3.63) is 5.82 Å². The maximum Gasteiger partial charge on any atom is 0.306 e. The molecule has 84 valence electrons. The van der Waals surface area contributed by atoms with Crippen molar-refractivity contribution in [1.82, 2.24) is 9.36 Å². The third-order valence-corrected chi connectivity index (χ3v) is 2.77. The van der Waals surface area contributed by atoms with Crippen LogP contribution in [0.25, 0.3) is 0 Å². The second kappa shape index (κ2) is 5.65. The zero-order chi connectivity index (χ0) is 11.3. The molecule has 0 saturated heterocycles. The summed E-state index contributed by atoms with van der Waals surface area (Å²) >= 11 is 1.31. The molecule has 2 N–H and O–H groups in total. The molecule has 0 aliphatic heterocycles. The Bertz CT molecular complexity index is 327. The van der Waals surface area contributed by atoms with Crippen molar-refractivity contribution in [2.24, 2.45) is 5.92 Å². The number of nitrogens with zero attached hydrogens (tertiary/aromatic N) is 2. The summed E-state index contributed by atoms with van der Waals surface area (Å²) in [5, 5.41) is 12.5. The number of aromatic nitrogens is 2. The van der Waals surface area contributed by atoms with Gasteiger partial charge in [0.05, 0.1) is 5.92 Å². The SMILES string of the molecule is CCc1nsc(NCCC(C)C(=O)O)n1. The van der Waals surface area contributed by atoms with Crippen molar-refractivity contribution in [3.63, 3.8) is 0 Å². The van der Waals surface area contributed by atoms with Crippen molar-refractivity contribution >= 4 is 22.6 Å². The second-order valence-corrected chi connectivity index (χ2v) is 4.08. The first kappa shape index (κ1) is 11.9. The zero-order valence-corrected chi connectivity index (χ0v) is 9.67. The number of nitrogens with one attached hydrogen (secondary N) is 1. The van der Waals surface area contributed by atoms with E-state index in [0.717, 1.165) is 17.4 Å². The van der Waals surface area contributed by atoms with Crippen molar-refractivity contribution in [3.8, 4) is 0 Å². The summed E-state index contributed by atoms with van der Waals surface area (Å²) in [7, 11) is 0. The number of anilines is 1. The number of rotatable bonds is 6. The van der Waals surface area contributed by atoms with Crippen molar-refractivity contribution in [1.29, 1.82) is 0 Å². The number of hydrogen-bond acceptors (Lipinski definition) is 5. The van der Waals surface area contributed by atoms with Gasteiger partial charge in [-0.25, -0.2) is 4.98 Å². The van der Waals surface area contributed by atoms with Gasteiger partial charge in [0.1, 0.15) is 5.82 Å². The largest absolute Gasteiger partial charge is 0.481 e. The van der Waals surface area contributed by atoms with E-state index < -0.39 is 5.97 Å². The van der Waals surface area contributed by atoms with Crippen LogP contribution in [0.5, 0.6) is 0 Å². The highest BCUT2D eigenvalue weighted by molar-refractivity contribution is 7.09. The zero-order valence-electron chi connectivity index (χ0n) is 8.86. The maximum absolute atomic E-state index is 10.5. The van der Waals surface area contributed by atoms with E-state index in [9.17, 15) is 4.79 Å². The molecule has 0 aliphatic carbocycles. The summed E-state index contributed by atoms with van der Waals surface area (Å²) in [5.74, 6) is -0.256. The summed E-state index contributed by atoms with van der Waals surface area (Å²) < 4.78 is 4.12. The molecule has 15 heavy (non-hydrogen) atoms. The van der Waals surface area contributed by atoms with E-state index in [1.165, 1.54) is 11.5 Å². The quantitative estimate of drug-likeness (QED) is 0.775. The molecule has 6 heteroatoms. The molecule has 0 aromatic carbocycles. The molecule has 0 saturated carbocycles. The Kier molecular flexibility index (Phi) is 4.48. The number of carboxylic acid groups (broad SMARTS) is 1. The smallest absolute Gasteiger partial charge is 0.306 e. The number of aliphatic carboxylic acids is 1. The van der Waals surface area contributed by atoms with Crippen LogP contribution in [0.1, 0.15) is 26.1 Å². The minimum atomic E-state index is -0.761. The van der Waals surface area contributed by atoms with Gasteiger partial charge in [-0.05, 0) is 6.42 Å². The van der Waals surface area contributed by atoms with Crippen molar-refractivity contribution < 1.29 is 9.90 Å². The predicted molar refractivity (Wildman–Crippen MR) is 59.2 cm³/mol. The average Bonchev–Trinajstić information content (AvgIpc) is 2.65. The lowest BCUT2D eigenvalue weighted by molar-refractivity contribution is -0.141. The van der Waals surface area contributed by atoms with Gasteiger partial charge in [-0.2, -0.15) is 4.37 Å². The molecule has 1 unspecified atom stereocenters. The van der Waals surface area contributed by atoms with Crippen LogP contribution >= 0.6 is 11.5 Å². The molecular formula is C9H15N3O2S. The van der Waals surface area contributed by atoms with Crippen molar-refractivity contribution in [2.75, 3.05) is 11.9 Å². The van der Waals surface area contributed by atoms with Gasteiger partial charge in [0.25, 0.3) is 0 Å². The van der Waals surface area contributed by atoms with Gasteiger partial charge in [0.15, 0.2) is 0 Å². The fourth-order valence-electron chi connectivity index (χ4n) is 0.988. The van der Waals surface area contributed by atoms with Gasteiger partial charge < -0.3 is 10.4 Å². The van der Waals surface area contributed by atoms with E-state index in [1.54, 1.807) is 6.92 Å². The molecule has 0 radical (unpaired) electrons. The summed E-state index contributed by atoms with van der Waals surface area (Å²) in [5.41, 5.74) is 0. The minimum absolute atomic E-state index is 0.323. The molecule has 0 spiro atoms. The van der Waals surface area contributed by atoms with E-state index in [2.05, 4.69) is 14.7 Å². The Morgan fingerprint density at radius 3 is 2.93 bits per heavy atom. The molecule has 1 aromatic rings. The van der Waals surface area contributed by atoms with Crippen LogP contribution in [0, 0.1) is 5.92 Å². The summed E-state index contributed by atoms with van der Waals surface area (Å²) in [4.78, 5) is 14.8. The molecule has 1 heterocycles. The van der Waals surface area contributed by atoms with Crippen LogP contribution in [0.2, 0.25) is 0 Å². The topological polar surface area (TPSA) is 75.1 Å². The van der Waals surface area contributed by atoms with Crippen LogP contribution in [0.3, 0.4) is 0 Å². The normalized spacial score (nSPS) is 12.4. The monoisotopic (exact) mass is 229 g/mol. The van der Waals surface area contributed by atoms with Crippen LogP contribution in [0.4, 0.5) is 5.13 Å². The van der Waals surface area contributed by atoms with Gasteiger partial charge in [0.2, 0.25) is 5.13 Å². The summed E-state index contributed by atoms with van der Waals surface area (Å²) in [6.07, 6.45) is 1.42. The Hall–Kier alpha value is -1.17. The van der Waals surface area contributed by atoms with E-state index in [1.807, 2.05) is 6.92 Å². The van der Waals surface area contributed by atoms with Crippen LogP contribution in [-0.2, 0) is 11.2 Å². The number of carbonyl (C=O) groups is 1. The minimum Gasteiger partial charge on any atom is -0.481 e. The molecule has 1 rings (SSSR count). The second-order valence-electron chi connectivity index (χ2n) is 3.32. The first-order valence-corrected chi connectivity index (χ1v) is 5.70. The van der Waals surface area contributed by atoms with Gasteiger partial charge in [-0.15, -0.1) is 0 Å². The molecular weight excluding hydrogens is 214 g/mol. The maximum atomic E-state index is 10.5. The van der Waals surface area contributed by atoms with Crippen LogP contribution < -0.4 is 5.32 Å². The first-order valence-electron chi connectivity index (χ1n) is 4.92. The van der Waals surface area contributed by atoms with Crippen LogP contribution in [0.15, 0.2) is 0 Å².